The zero-order chi connectivity index (χ0) is 5.98. The van der Waals surface area contributed by atoms with Crippen LogP contribution in [0.2, 0.25) is 0 Å². The molecule has 0 bridgehead atoms. The summed E-state index contributed by atoms with van der Waals surface area (Å²) in [6, 6.07) is 0. The molecule has 0 amide bonds. The molecule has 1 heterocycles. The van der Waals surface area contributed by atoms with Crippen LogP contribution >= 0.6 is 0 Å². The Balaban J connectivity index is 2.24. The minimum atomic E-state index is 0.565. The number of ether oxygens (including phenoxy) is 1. The molecule has 0 spiro atoms. The highest BCUT2D eigenvalue weighted by molar-refractivity contribution is 4.67. The molecule has 8 heavy (non-hydrogen) atoms. The summed E-state index contributed by atoms with van der Waals surface area (Å²) < 4.78 is 5.41. The maximum Gasteiger partial charge on any atom is 0.0598 e. The number of rotatable bonds is 1. The molecule has 0 radical (unpaired) electrons. The molecule has 1 heteroatoms. The second kappa shape index (κ2) is 2.49. The molecular formula is C7H14O. The zero-order valence-electron chi connectivity index (χ0n) is 5.68. The van der Waals surface area contributed by atoms with Gasteiger partial charge in [0.15, 0.2) is 0 Å². The Kier molecular flexibility index (Phi) is 1.90. The van der Waals surface area contributed by atoms with Crippen LogP contribution in [0.4, 0.5) is 0 Å². The van der Waals surface area contributed by atoms with Gasteiger partial charge in [0.25, 0.3) is 0 Å². The summed E-state index contributed by atoms with van der Waals surface area (Å²) in [6.45, 7) is 5.43. The zero-order valence-corrected chi connectivity index (χ0v) is 5.68. The van der Waals surface area contributed by atoms with E-state index in [1.807, 2.05) is 0 Å². The molecule has 0 aromatic carbocycles. The third-order valence-electron chi connectivity index (χ3n) is 1.71. The van der Waals surface area contributed by atoms with E-state index in [0.29, 0.717) is 6.10 Å². The molecule has 48 valence electrons. The van der Waals surface area contributed by atoms with E-state index in [0.717, 1.165) is 12.5 Å². The fourth-order valence-corrected chi connectivity index (χ4v) is 1.13. The molecule has 0 aromatic heterocycles. The van der Waals surface area contributed by atoms with Gasteiger partial charge in [-0.15, -0.1) is 0 Å². The van der Waals surface area contributed by atoms with Crippen molar-refractivity contribution in [1.29, 1.82) is 0 Å². The van der Waals surface area contributed by atoms with Crippen molar-refractivity contribution in [2.24, 2.45) is 5.92 Å². The Hall–Kier alpha value is -0.0400. The molecule has 1 saturated heterocycles. The average Bonchev–Trinajstić information content (AvgIpc) is 2.12. The lowest BCUT2D eigenvalue weighted by Crippen LogP contribution is -2.12. The lowest BCUT2D eigenvalue weighted by molar-refractivity contribution is 0.0758. The molecule has 1 atom stereocenters. The van der Waals surface area contributed by atoms with Gasteiger partial charge in [-0.2, -0.15) is 0 Å². The summed E-state index contributed by atoms with van der Waals surface area (Å²) in [5.74, 6) is 0.720. The third-order valence-corrected chi connectivity index (χ3v) is 1.71. The average molecular weight is 114 g/mol. The van der Waals surface area contributed by atoms with Crippen LogP contribution in [-0.2, 0) is 4.74 Å². The topological polar surface area (TPSA) is 9.23 Å². The lowest BCUT2D eigenvalue weighted by Gasteiger charge is -2.11. The van der Waals surface area contributed by atoms with Crippen LogP contribution in [0.15, 0.2) is 0 Å². The van der Waals surface area contributed by atoms with E-state index in [9.17, 15) is 0 Å². The van der Waals surface area contributed by atoms with Crippen molar-refractivity contribution in [3.63, 3.8) is 0 Å². The van der Waals surface area contributed by atoms with Gasteiger partial charge in [0.1, 0.15) is 0 Å². The van der Waals surface area contributed by atoms with Crippen LogP contribution in [0.5, 0.6) is 0 Å². The molecule has 1 rings (SSSR count). The van der Waals surface area contributed by atoms with Gasteiger partial charge in [-0.25, -0.2) is 0 Å². The van der Waals surface area contributed by atoms with Crippen LogP contribution in [0.25, 0.3) is 0 Å². The molecule has 0 N–H and O–H groups in total. The Labute approximate surface area is 51.0 Å². The van der Waals surface area contributed by atoms with Gasteiger partial charge in [-0.3, -0.25) is 0 Å². The molecular weight excluding hydrogens is 100 g/mol. The highest BCUT2D eigenvalue weighted by Crippen LogP contribution is 2.18. The van der Waals surface area contributed by atoms with Gasteiger partial charge in [-0.05, 0) is 18.8 Å². The smallest absolute Gasteiger partial charge is 0.0598 e. The Bertz CT molecular complexity index is 62.8. The van der Waals surface area contributed by atoms with E-state index in [2.05, 4.69) is 13.8 Å². The van der Waals surface area contributed by atoms with Crippen LogP contribution in [0.1, 0.15) is 26.7 Å². The monoisotopic (exact) mass is 114 g/mol. The number of hydrogen-bond acceptors (Lipinski definition) is 1. The van der Waals surface area contributed by atoms with E-state index in [1.165, 1.54) is 12.8 Å². The van der Waals surface area contributed by atoms with Gasteiger partial charge in [0, 0.05) is 6.61 Å². The van der Waals surface area contributed by atoms with E-state index < -0.39 is 0 Å². The first-order chi connectivity index (χ1) is 3.80. The largest absolute Gasteiger partial charge is 0.378 e. The van der Waals surface area contributed by atoms with Crippen molar-refractivity contribution >= 4 is 0 Å². The van der Waals surface area contributed by atoms with Crippen molar-refractivity contribution in [3.05, 3.63) is 0 Å². The van der Waals surface area contributed by atoms with Gasteiger partial charge in [-0.1, -0.05) is 13.8 Å². The first-order valence-corrected chi connectivity index (χ1v) is 3.42. The van der Waals surface area contributed by atoms with Crippen LogP contribution < -0.4 is 0 Å². The highest BCUT2D eigenvalue weighted by Gasteiger charge is 2.17. The van der Waals surface area contributed by atoms with Crippen molar-refractivity contribution in [2.45, 2.75) is 32.8 Å². The molecule has 0 aromatic rings. The van der Waals surface area contributed by atoms with Gasteiger partial charge >= 0.3 is 0 Å². The first kappa shape index (κ1) is 6.09. The summed E-state index contributed by atoms with van der Waals surface area (Å²) in [5.41, 5.74) is 0. The van der Waals surface area contributed by atoms with E-state index in [1.54, 1.807) is 0 Å². The van der Waals surface area contributed by atoms with E-state index in [4.69, 9.17) is 4.74 Å². The minimum Gasteiger partial charge on any atom is -0.378 e. The first-order valence-electron chi connectivity index (χ1n) is 3.42. The van der Waals surface area contributed by atoms with Crippen LogP contribution in [0.3, 0.4) is 0 Å². The highest BCUT2D eigenvalue weighted by atomic mass is 16.5. The van der Waals surface area contributed by atoms with Crippen molar-refractivity contribution < 1.29 is 4.74 Å². The molecule has 1 aliphatic heterocycles. The van der Waals surface area contributed by atoms with Gasteiger partial charge in [0.2, 0.25) is 0 Å². The molecule has 0 saturated carbocycles. The second-order valence-electron chi connectivity index (χ2n) is 2.80. The van der Waals surface area contributed by atoms with Gasteiger partial charge in [0.05, 0.1) is 6.10 Å². The summed E-state index contributed by atoms with van der Waals surface area (Å²) in [4.78, 5) is 0. The lowest BCUT2D eigenvalue weighted by atomic mass is 10.1. The summed E-state index contributed by atoms with van der Waals surface area (Å²) >= 11 is 0. The molecule has 1 aliphatic rings. The third kappa shape index (κ3) is 1.22. The second-order valence-corrected chi connectivity index (χ2v) is 2.80. The fourth-order valence-electron chi connectivity index (χ4n) is 1.13. The van der Waals surface area contributed by atoms with E-state index in [-0.39, 0.29) is 0 Å². The predicted molar refractivity (Wildman–Crippen MR) is 33.8 cm³/mol. The minimum absolute atomic E-state index is 0.565. The van der Waals surface area contributed by atoms with Crippen molar-refractivity contribution in [3.8, 4) is 0 Å². The van der Waals surface area contributed by atoms with Crippen LogP contribution in [-0.4, -0.2) is 12.7 Å². The molecule has 1 unspecified atom stereocenters. The van der Waals surface area contributed by atoms with E-state index >= 15 is 0 Å². The Morgan fingerprint density at radius 2 is 2.25 bits per heavy atom. The Morgan fingerprint density at radius 1 is 1.50 bits per heavy atom. The maximum absolute atomic E-state index is 5.41. The number of hydrogen-bond donors (Lipinski definition) is 0. The quantitative estimate of drug-likeness (QED) is 0.505. The molecule has 1 nitrogen and oxygen atoms in total. The van der Waals surface area contributed by atoms with Crippen LogP contribution in [0, 0.1) is 5.92 Å². The standard InChI is InChI=1S/C7H14O/c1-6(2)7-4-3-5-8-7/h6-7H,3-5H2,1-2H3. The predicted octanol–water partition coefficient (Wildman–Crippen LogP) is 1.82. The Morgan fingerprint density at radius 3 is 2.50 bits per heavy atom. The fraction of sp³-hybridized carbons (Fsp3) is 1.00. The summed E-state index contributed by atoms with van der Waals surface area (Å²) in [5, 5.41) is 0. The van der Waals surface area contributed by atoms with Crippen molar-refractivity contribution in [2.75, 3.05) is 6.61 Å². The molecule has 1 fully saturated rings. The maximum atomic E-state index is 5.41. The van der Waals surface area contributed by atoms with Gasteiger partial charge < -0.3 is 4.74 Å². The van der Waals surface area contributed by atoms with Crippen molar-refractivity contribution in [1.82, 2.24) is 0 Å². The summed E-state index contributed by atoms with van der Waals surface area (Å²) in [6.07, 6.45) is 3.11. The molecule has 0 aliphatic carbocycles. The summed E-state index contributed by atoms with van der Waals surface area (Å²) in [7, 11) is 0. The SMILES string of the molecule is CC(C)C1CCCO1. The normalized spacial score (nSPS) is 29.6.